The highest BCUT2D eigenvalue weighted by molar-refractivity contribution is 5.89. The highest BCUT2D eigenvalue weighted by atomic mass is 16.6. The predicted octanol–water partition coefficient (Wildman–Crippen LogP) is 0.995. The monoisotopic (exact) mass is 405 g/mol. The third kappa shape index (κ3) is 6.20. The van der Waals surface area contributed by atoms with Gasteiger partial charge in [-0.05, 0) is 44.9 Å². The fourth-order valence-corrected chi connectivity index (χ4v) is 3.07. The third-order valence-electron chi connectivity index (χ3n) is 4.36. The van der Waals surface area contributed by atoms with Gasteiger partial charge in [0.05, 0.1) is 19.1 Å². The highest BCUT2D eigenvalue weighted by Crippen LogP contribution is 2.21. The van der Waals surface area contributed by atoms with E-state index in [0.29, 0.717) is 11.1 Å². The number of likely N-dealkylation sites (tertiary alicyclic amines) is 1. The van der Waals surface area contributed by atoms with Crippen LogP contribution in [0.3, 0.4) is 0 Å². The molecule has 3 amide bonds. The molecule has 0 radical (unpaired) electrons. The van der Waals surface area contributed by atoms with Gasteiger partial charge in [0.1, 0.15) is 11.6 Å². The first-order valence-electron chi connectivity index (χ1n) is 9.25. The van der Waals surface area contributed by atoms with Crippen molar-refractivity contribution in [2.45, 2.75) is 51.3 Å². The zero-order valence-corrected chi connectivity index (χ0v) is 17.1. The van der Waals surface area contributed by atoms with Crippen molar-refractivity contribution in [3.05, 3.63) is 35.4 Å². The molecule has 1 aromatic rings. The average molecular weight is 405 g/mol. The standard InChI is InChI=1S/C20H27N3O6/c1-20(2,3)29-19(27)23-11-14(10-15(23)17(21)25)22-16(24)9-12-5-7-13(8-6-12)18(26)28-4/h5-8,14-15H,9-11H2,1-4H3,(H2,21,25)(H,22,24)/t14-,15+/m1/s1. The van der Waals surface area contributed by atoms with E-state index in [2.05, 4.69) is 10.1 Å². The number of carbonyl (C=O) groups is 4. The van der Waals surface area contributed by atoms with Crippen LogP contribution in [0.4, 0.5) is 4.79 Å². The summed E-state index contributed by atoms with van der Waals surface area (Å²) in [7, 11) is 1.30. The Balaban J connectivity index is 1.97. The number of benzene rings is 1. The molecule has 1 aliphatic heterocycles. The minimum absolute atomic E-state index is 0.0889. The summed E-state index contributed by atoms with van der Waals surface area (Å²) in [6.07, 6.45) is -0.329. The molecule has 1 heterocycles. The topological polar surface area (TPSA) is 128 Å². The molecule has 1 aliphatic rings. The smallest absolute Gasteiger partial charge is 0.411 e. The summed E-state index contributed by atoms with van der Waals surface area (Å²) in [5, 5.41) is 2.82. The van der Waals surface area contributed by atoms with Crippen molar-refractivity contribution in [2.75, 3.05) is 13.7 Å². The number of hydrogen-bond donors (Lipinski definition) is 2. The summed E-state index contributed by atoms with van der Waals surface area (Å²) in [6.45, 7) is 5.32. The van der Waals surface area contributed by atoms with Crippen molar-refractivity contribution < 1.29 is 28.7 Å². The van der Waals surface area contributed by atoms with Gasteiger partial charge in [0, 0.05) is 12.6 Å². The first kappa shape index (κ1) is 22.2. The van der Waals surface area contributed by atoms with Gasteiger partial charge >= 0.3 is 12.1 Å². The molecule has 0 bridgehead atoms. The Morgan fingerprint density at radius 3 is 2.31 bits per heavy atom. The quantitative estimate of drug-likeness (QED) is 0.703. The number of nitrogens with two attached hydrogens (primary N) is 1. The molecule has 29 heavy (non-hydrogen) atoms. The van der Waals surface area contributed by atoms with Crippen LogP contribution in [-0.4, -0.2) is 60.1 Å². The minimum Gasteiger partial charge on any atom is -0.465 e. The van der Waals surface area contributed by atoms with E-state index in [-0.39, 0.29) is 25.3 Å². The molecule has 2 rings (SSSR count). The third-order valence-corrected chi connectivity index (χ3v) is 4.36. The second-order valence-corrected chi connectivity index (χ2v) is 7.92. The highest BCUT2D eigenvalue weighted by Gasteiger charge is 2.41. The van der Waals surface area contributed by atoms with Gasteiger partial charge in [-0.15, -0.1) is 0 Å². The number of primary amides is 1. The number of rotatable bonds is 5. The van der Waals surface area contributed by atoms with Crippen molar-refractivity contribution in [2.24, 2.45) is 5.73 Å². The van der Waals surface area contributed by atoms with E-state index in [1.54, 1.807) is 45.0 Å². The number of ether oxygens (including phenoxy) is 2. The van der Waals surface area contributed by atoms with E-state index in [9.17, 15) is 19.2 Å². The average Bonchev–Trinajstić information content (AvgIpc) is 3.04. The first-order chi connectivity index (χ1) is 13.5. The summed E-state index contributed by atoms with van der Waals surface area (Å²) in [5.74, 6) is -1.37. The van der Waals surface area contributed by atoms with Crippen LogP contribution in [-0.2, 0) is 25.5 Å². The Labute approximate surface area is 169 Å². The molecule has 1 fully saturated rings. The van der Waals surface area contributed by atoms with E-state index in [0.717, 1.165) is 0 Å². The van der Waals surface area contributed by atoms with E-state index >= 15 is 0 Å². The molecule has 9 nitrogen and oxygen atoms in total. The van der Waals surface area contributed by atoms with Crippen molar-refractivity contribution in [1.29, 1.82) is 0 Å². The van der Waals surface area contributed by atoms with E-state index in [1.165, 1.54) is 12.0 Å². The van der Waals surface area contributed by atoms with E-state index in [4.69, 9.17) is 10.5 Å². The van der Waals surface area contributed by atoms with Crippen LogP contribution in [0, 0.1) is 0 Å². The van der Waals surface area contributed by atoms with Gasteiger partial charge in [-0.1, -0.05) is 12.1 Å². The number of nitrogens with zero attached hydrogens (tertiary/aromatic N) is 1. The Hall–Kier alpha value is -3.10. The summed E-state index contributed by atoms with van der Waals surface area (Å²) < 4.78 is 9.96. The molecule has 9 heteroatoms. The van der Waals surface area contributed by atoms with Gasteiger partial charge in [0.2, 0.25) is 11.8 Å². The molecule has 1 saturated heterocycles. The molecule has 158 valence electrons. The maximum Gasteiger partial charge on any atom is 0.411 e. The van der Waals surface area contributed by atoms with Crippen LogP contribution in [0.1, 0.15) is 43.1 Å². The normalized spacial score (nSPS) is 18.8. The van der Waals surface area contributed by atoms with Crippen molar-refractivity contribution >= 4 is 23.9 Å². The molecule has 0 spiro atoms. The molecule has 1 aromatic carbocycles. The number of carbonyl (C=O) groups excluding carboxylic acids is 4. The Morgan fingerprint density at radius 2 is 1.79 bits per heavy atom. The number of hydrogen-bond acceptors (Lipinski definition) is 6. The fraction of sp³-hybridized carbons (Fsp3) is 0.500. The van der Waals surface area contributed by atoms with Crippen LogP contribution >= 0.6 is 0 Å². The molecule has 0 aliphatic carbocycles. The number of methoxy groups -OCH3 is 1. The first-order valence-corrected chi connectivity index (χ1v) is 9.25. The largest absolute Gasteiger partial charge is 0.465 e. The van der Waals surface area contributed by atoms with Crippen LogP contribution in [0.15, 0.2) is 24.3 Å². The van der Waals surface area contributed by atoms with Gasteiger partial charge in [-0.3, -0.25) is 14.5 Å². The second kappa shape index (κ2) is 8.93. The van der Waals surface area contributed by atoms with Crippen LogP contribution in [0.2, 0.25) is 0 Å². The molecular weight excluding hydrogens is 378 g/mol. The van der Waals surface area contributed by atoms with Crippen molar-refractivity contribution in [1.82, 2.24) is 10.2 Å². The molecule has 2 atom stereocenters. The second-order valence-electron chi connectivity index (χ2n) is 7.92. The van der Waals surface area contributed by atoms with Gasteiger partial charge in [-0.25, -0.2) is 9.59 Å². The van der Waals surface area contributed by atoms with Gasteiger partial charge in [-0.2, -0.15) is 0 Å². The number of nitrogens with one attached hydrogen (secondary N) is 1. The van der Waals surface area contributed by atoms with Crippen molar-refractivity contribution in [3.63, 3.8) is 0 Å². The van der Waals surface area contributed by atoms with Crippen LogP contribution in [0.5, 0.6) is 0 Å². The maximum atomic E-state index is 12.4. The van der Waals surface area contributed by atoms with Gasteiger partial charge in [0.25, 0.3) is 0 Å². The lowest BCUT2D eigenvalue weighted by Gasteiger charge is -2.27. The summed E-state index contributed by atoms with van der Waals surface area (Å²) in [5.41, 5.74) is 5.81. The van der Waals surface area contributed by atoms with Crippen LogP contribution < -0.4 is 11.1 Å². The maximum absolute atomic E-state index is 12.4. The zero-order valence-electron chi connectivity index (χ0n) is 17.1. The summed E-state index contributed by atoms with van der Waals surface area (Å²) in [4.78, 5) is 49.2. The fourth-order valence-electron chi connectivity index (χ4n) is 3.07. The molecule has 0 aromatic heterocycles. The molecule has 3 N–H and O–H groups in total. The Bertz CT molecular complexity index is 784. The number of esters is 1. The van der Waals surface area contributed by atoms with E-state index < -0.39 is 35.7 Å². The Morgan fingerprint density at radius 1 is 1.17 bits per heavy atom. The summed E-state index contributed by atoms with van der Waals surface area (Å²) >= 11 is 0. The number of amides is 3. The predicted molar refractivity (Wildman–Crippen MR) is 104 cm³/mol. The van der Waals surface area contributed by atoms with Crippen LogP contribution in [0.25, 0.3) is 0 Å². The Kier molecular flexibility index (Phi) is 6.84. The van der Waals surface area contributed by atoms with Gasteiger partial charge in [0.15, 0.2) is 0 Å². The SMILES string of the molecule is COC(=O)c1ccc(CC(=O)N[C@@H]2C[C@@H](C(N)=O)N(C(=O)OC(C)(C)C)C2)cc1. The molecule has 0 saturated carbocycles. The lowest BCUT2D eigenvalue weighted by molar-refractivity contribution is -0.123. The van der Waals surface area contributed by atoms with Gasteiger partial charge < -0.3 is 20.5 Å². The lowest BCUT2D eigenvalue weighted by Crippen LogP contribution is -2.46. The molecular formula is C20H27N3O6. The summed E-state index contributed by atoms with van der Waals surface area (Å²) in [6, 6.07) is 5.24. The minimum atomic E-state index is -0.838. The lowest BCUT2D eigenvalue weighted by atomic mass is 10.1. The molecule has 0 unspecified atom stereocenters. The van der Waals surface area contributed by atoms with E-state index in [1.807, 2.05) is 0 Å². The zero-order chi connectivity index (χ0) is 21.8. The van der Waals surface area contributed by atoms with Crippen molar-refractivity contribution in [3.8, 4) is 0 Å².